The molecule has 0 saturated carbocycles. The van der Waals surface area contributed by atoms with Gasteiger partial charge in [-0.2, -0.15) is 0 Å². The number of hydrogen-bond acceptors (Lipinski definition) is 1. The number of thioether (sulfide) groups is 1. The summed E-state index contributed by atoms with van der Waals surface area (Å²) in [4.78, 5) is 1.11. The molecule has 0 spiro atoms. The zero-order valence-electron chi connectivity index (χ0n) is 5.89. The van der Waals surface area contributed by atoms with Crippen molar-refractivity contribution in [3.63, 3.8) is 0 Å². The fraction of sp³-hybridized carbons (Fsp3) is 0.250. The van der Waals surface area contributed by atoms with Crippen LogP contribution >= 0.6 is 35.0 Å². The van der Waals surface area contributed by atoms with Gasteiger partial charge in [-0.3, -0.25) is 0 Å². The molecule has 0 fully saturated rings. The second-order valence-corrected chi connectivity index (χ2v) is 3.89. The fourth-order valence-electron chi connectivity index (χ4n) is 0.710. The molecule has 0 aliphatic carbocycles. The van der Waals surface area contributed by atoms with Crippen LogP contribution in [-0.4, -0.2) is 11.6 Å². The van der Waals surface area contributed by atoms with E-state index in [0.29, 0.717) is 5.88 Å². The fourth-order valence-corrected chi connectivity index (χ4v) is 1.92. The standard InChI is InChI=1S/C8H8Cl2S/c9-5-6-11-8-4-2-1-3-7(8)10/h1-4H,5-6H2. The topological polar surface area (TPSA) is 0 Å². The normalized spacial score (nSPS) is 10.0. The highest BCUT2D eigenvalue weighted by Crippen LogP contribution is 2.26. The van der Waals surface area contributed by atoms with Crippen LogP contribution in [0.25, 0.3) is 0 Å². The van der Waals surface area contributed by atoms with Crippen LogP contribution in [0.2, 0.25) is 5.02 Å². The molecule has 0 aromatic heterocycles. The lowest BCUT2D eigenvalue weighted by molar-refractivity contribution is 1.43. The molecule has 3 heteroatoms. The van der Waals surface area contributed by atoms with Crippen molar-refractivity contribution in [3.8, 4) is 0 Å². The van der Waals surface area contributed by atoms with E-state index >= 15 is 0 Å². The Morgan fingerprint density at radius 1 is 1.27 bits per heavy atom. The van der Waals surface area contributed by atoms with Gasteiger partial charge in [-0.1, -0.05) is 23.7 Å². The third-order valence-electron chi connectivity index (χ3n) is 1.17. The molecule has 0 bridgehead atoms. The Morgan fingerprint density at radius 3 is 2.64 bits per heavy atom. The summed E-state index contributed by atoms with van der Waals surface area (Å²) in [7, 11) is 0. The molecular weight excluding hydrogens is 199 g/mol. The maximum Gasteiger partial charge on any atom is 0.0541 e. The summed E-state index contributed by atoms with van der Waals surface area (Å²) >= 11 is 13.1. The first-order chi connectivity index (χ1) is 5.34. The van der Waals surface area contributed by atoms with E-state index in [9.17, 15) is 0 Å². The Kier molecular flexibility index (Phi) is 4.13. The molecule has 0 nitrogen and oxygen atoms in total. The molecule has 0 saturated heterocycles. The monoisotopic (exact) mass is 206 g/mol. The van der Waals surface area contributed by atoms with Crippen LogP contribution in [0, 0.1) is 0 Å². The van der Waals surface area contributed by atoms with Crippen LogP contribution in [0.5, 0.6) is 0 Å². The molecular formula is C8H8Cl2S. The minimum absolute atomic E-state index is 0.663. The maximum atomic E-state index is 5.90. The van der Waals surface area contributed by atoms with E-state index in [4.69, 9.17) is 23.2 Å². The predicted molar refractivity (Wildman–Crippen MR) is 52.9 cm³/mol. The van der Waals surface area contributed by atoms with Gasteiger partial charge in [0.15, 0.2) is 0 Å². The SMILES string of the molecule is ClCCSc1ccccc1Cl. The van der Waals surface area contributed by atoms with Crippen LogP contribution < -0.4 is 0 Å². The summed E-state index contributed by atoms with van der Waals surface area (Å²) in [6.45, 7) is 0. The average molecular weight is 207 g/mol. The lowest BCUT2D eigenvalue weighted by Gasteiger charge is -1.99. The number of benzene rings is 1. The van der Waals surface area contributed by atoms with Crippen LogP contribution in [0.4, 0.5) is 0 Å². The number of halogens is 2. The smallest absolute Gasteiger partial charge is 0.0541 e. The van der Waals surface area contributed by atoms with Crippen molar-refractivity contribution in [1.82, 2.24) is 0 Å². The number of rotatable bonds is 3. The summed E-state index contributed by atoms with van der Waals surface area (Å²) in [5, 5.41) is 0.808. The molecule has 1 rings (SSSR count). The van der Waals surface area contributed by atoms with Gasteiger partial charge in [0, 0.05) is 16.5 Å². The zero-order chi connectivity index (χ0) is 8.10. The van der Waals surface area contributed by atoms with Crippen LogP contribution in [-0.2, 0) is 0 Å². The summed E-state index contributed by atoms with van der Waals surface area (Å²) in [5.74, 6) is 1.57. The Hall–Kier alpha value is 0.150. The van der Waals surface area contributed by atoms with E-state index in [1.807, 2.05) is 24.3 Å². The molecule has 0 aliphatic heterocycles. The van der Waals surface area contributed by atoms with E-state index in [-0.39, 0.29) is 0 Å². The van der Waals surface area contributed by atoms with Crippen molar-refractivity contribution in [3.05, 3.63) is 29.3 Å². The Bertz CT molecular complexity index is 225. The Labute approximate surface area is 80.9 Å². The van der Waals surface area contributed by atoms with Crippen LogP contribution in [0.15, 0.2) is 29.2 Å². The molecule has 0 heterocycles. The molecule has 0 amide bonds. The van der Waals surface area contributed by atoms with Crippen molar-refractivity contribution in [2.24, 2.45) is 0 Å². The first-order valence-corrected chi connectivity index (χ1v) is 5.17. The molecule has 1 aromatic carbocycles. The van der Waals surface area contributed by atoms with Gasteiger partial charge in [0.05, 0.1) is 5.02 Å². The molecule has 0 radical (unpaired) electrons. The number of alkyl halides is 1. The summed E-state index contributed by atoms with van der Waals surface area (Å²) < 4.78 is 0. The summed E-state index contributed by atoms with van der Waals surface area (Å²) in [6.07, 6.45) is 0. The maximum absolute atomic E-state index is 5.90. The number of hydrogen-bond donors (Lipinski definition) is 0. The molecule has 1 aromatic rings. The van der Waals surface area contributed by atoms with Crippen molar-refractivity contribution in [1.29, 1.82) is 0 Å². The van der Waals surface area contributed by atoms with Crippen molar-refractivity contribution >= 4 is 35.0 Å². The highest BCUT2D eigenvalue weighted by Gasteiger charge is 1.97. The summed E-state index contributed by atoms with van der Waals surface area (Å²) in [6, 6.07) is 7.78. The lowest BCUT2D eigenvalue weighted by atomic mass is 10.4. The van der Waals surface area contributed by atoms with E-state index in [1.54, 1.807) is 11.8 Å². The van der Waals surface area contributed by atoms with Crippen molar-refractivity contribution in [2.45, 2.75) is 4.90 Å². The molecule has 0 N–H and O–H groups in total. The molecule has 11 heavy (non-hydrogen) atoms. The zero-order valence-corrected chi connectivity index (χ0v) is 8.22. The van der Waals surface area contributed by atoms with E-state index in [1.165, 1.54) is 0 Å². The van der Waals surface area contributed by atoms with Gasteiger partial charge in [-0.15, -0.1) is 23.4 Å². The van der Waals surface area contributed by atoms with Gasteiger partial charge in [0.2, 0.25) is 0 Å². The van der Waals surface area contributed by atoms with Crippen molar-refractivity contribution < 1.29 is 0 Å². The van der Waals surface area contributed by atoms with E-state index in [2.05, 4.69) is 0 Å². The Balaban J connectivity index is 2.62. The van der Waals surface area contributed by atoms with Gasteiger partial charge in [-0.25, -0.2) is 0 Å². The van der Waals surface area contributed by atoms with Gasteiger partial charge in [0.25, 0.3) is 0 Å². The van der Waals surface area contributed by atoms with Crippen LogP contribution in [0.1, 0.15) is 0 Å². The first-order valence-electron chi connectivity index (χ1n) is 3.28. The molecule has 0 atom stereocenters. The van der Waals surface area contributed by atoms with Crippen molar-refractivity contribution in [2.75, 3.05) is 11.6 Å². The lowest BCUT2D eigenvalue weighted by Crippen LogP contribution is -1.79. The van der Waals surface area contributed by atoms with E-state index < -0.39 is 0 Å². The molecule has 0 aliphatic rings. The summed E-state index contributed by atoms with van der Waals surface area (Å²) in [5.41, 5.74) is 0. The van der Waals surface area contributed by atoms with Gasteiger partial charge in [0.1, 0.15) is 0 Å². The second-order valence-electron chi connectivity index (χ2n) is 1.97. The molecule has 60 valence electrons. The Morgan fingerprint density at radius 2 is 2.00 bits per heavy atom. The highest BCUT2D eigenvalue weighted by atomic mass is 35.5. The van der Waals surface area contributed by atoms with Gasteiger partial charge < -0.3 is 0 Å². The first kappa shape index (κ1) is 9.24. The van der Waals surface area contributed by atoms with Gasteiger partial charge in [-0.05, 0) is 12.1 Å². The van der Waals surface area contributed by atoms with Gasteiger partial charge >= 0.3 is 0 Å². The molecule has 0 unspecified atom stereocenters. The minimum Gasteiger partial charge on any atom is -0.126 e. The predicted octanol–water partition coefficient (Wildman–Crippen LogP) is 3.67. The second kappa shape index (κ2) is 4.91. The third-order valence-corrected chi connectivity index (χ3v) is 3.10. The third kappa shape index (κ3) is 2.94. The minimum atomic E-state index is 0.663. The largest absolute Gasteiger partial charge is 0.126 e. The van der Waals surface area contributed by atoms with E-state index in [0.717, 1.165) is 15.7 Å². The quantitative estimate of drug-likeness (QED) is 0.538. The van der Waals surface area contributed by atoms with Crippen LogP contribution in [0.3, 0.4) is 0 Å². The highest BCUT2D eigenvalue weighted by molar-refractivity contribution is 7.99. The average Bonchev–Trinajstić information content (AvgIpc) is 2.03.